The maximum Gasteiger partial charge on any atom is 0.256 e. The third-order valence-corrected chi connectivity index (χ3v) is 6.35. The van der Waals surface area contributed by atoms with Gasteiger partial charge in [-0.15, -0.1) is 0 Å². The van der Waals surface area contributed by atoms with E-state index >= 15 is 0 Å². The summed E-state index contributed by atoms with van der Waals surface area (Å²) in [5, 5.41) is 0. The Kier molecular flexibility index (Phi) is 17.4. The van der Waals surface area contributed by atoms with Crippen LogP contribution in [0.3, 0.4) is 0 Å². The molecule has 0 amide bonds. The minimum atomic E-state index is 1.22. The summed E-state index contributed by atoms with van der Waals surface area (Å²) in [7, 11) is 0. The van der Waals surface area contributed by atoms with E-state index in [0.717, 1.165) is 0 Å². The first-order valence-corrected chi connectivity index (χ1v) is 13.4. The van der Waals surface area contributed by atoms with E-state index in [2.05, 4.69) is 42.3 Å². The summed E-state index contributed by atoms with van der Waals surface area (Å²) in [5.74, 6) is 1.60. The number of imidazole rings is 1. The highest BCUT2D eigenvalue weighted by Gasteiger charge is 2.16. The van der Waals surface area contributed by atoms with Gasteiger partial charge in [0.2, 0.25) is 0 Å². The summed E-state index contributed by atoms with van der Waals surface area (Å²) < 4.78 is 5.17. The zero-order chi connectivity index (χ0) is 21.0. The number of rotatable bonds is 21. The van der Waals surface area contributed by atoms with Crippen LogP contribution in [0.5, 0.6) is 0 Å². The van der Waals surface area contributed by atoms with Gasteiger partial charge in [0.05, 0.1) is 13.1 Å². The van der Waals surface area contributed by atoms with Gasteiger partial charge in [-0.1, -0.05) is 104 Å². The van der Waals surface area contributed by atoms with Crippen molar-refractivity contribution in [1.82, 2.24) is 4.57 Å². The van der Waals surface area contributed by atoms with Crippen LogP contribution in [0.2, 0.25) is 0 Å². The maximum atomic E-state index is 2.58. The van der Waals surface area contributed by atoms with Gasteiger partial charge >= 0.3 is 0 Å². The first-order chi connectivity index (χ1) is 14.3. The van der Waals surface area contributed by atoms with Crippen LogP contribution in [-0.4, -0.2) is 4.57 Å². The molecule has 1 heterocycles. The van der Waals surface area contributed by atoms with Crippen LogP contribution in [0, 0.1) is 0 Å². The predicted molar refractivity (Wildman–Crippen MR) is 128 cm³/mol. The summed E-state index contributed by atoms with van der Waals surface area (Å²) in [4.78, 5) is 0. The van der Waals surface area contributed by atoms with E-state index < -0.39 is 0 Å². The highest BCUT2D eigenvalue weighted by Crippen LogP contribution is 2.12. The van der Waals surface area contributed by atoms with E-state index in [-0.39, 0.29) is 0 Å². The molecular weight excluding hydrogens is 352 g/mol. The van der Waals surface area contributed by atoms with Crippen LogP contribution in [-0.2, 0) is 19.5 Å². The first kappa shape index (κ1) is 26.2. The molecule has 0 N–H and O–H groups in total. The van der Waals surface area contributed by atoms with Gasteiger partial charge in [0.15, 0.2) is 0 Å². The summed E-state index contributed by atoms with van der Waals surface area (Å²) in [6, 6.07) is 0. The zero-order valence-electron chi connectivity index (χ0n) is 20.4. The molecule has 0 aliphatic rings. The topological polar surface area (TPSA) is 8.81 Å². The second-order valence-electron chi connectivity index (χ2n) is 9.15. The highest BCUT2D eigenvalue weighted by atomic mass is 15.1. The Hall–Kier alpha value is -0.790. The number of aromatic nitrogens is 2. The molecule has 0 saturated carbocycles. The van der Waals surface area contributed by atoms with Crippen molar-refractivity contribution >= 4 is 0 Å². The molecule has 2 heteroatoms. The van der Waals surface area contributed by atoms with Crippen molar-refractivity contribution in [2.45, 2.75) is 156 Å². The van der Waals surface area contributed by atoms with Crippen LogP contribution in [0.4, 0.5) is 0 Å². The fraction of sp³-hybridized carbons (Fsp3) is 0.889. The van der Waals surface area contributed by atoms with Gasteiger partial charge in [-0.25, -0.2) is 9.13 Å². The third kappa shape index (κ3) is 13.2. The number of nitrogens with zero attached hydrogens (tertiary/aromatic N) is 2. The summed E-state index contributed by atoms with van der Waals surface area (Å²) in [6.45, 7) is 9.36. The van der Waals surface area contributed by atoms with Gasteiger partial charge < -0.3 is 0 Å². The number of aryl methyl sites for hydroxylation is 2. The molecule has 0 unspecified atom stereocenters. The summed E-state index contributed by atoms with van der Waals surface area (Å²) in [6.07, 6.45) is 31.0. The van der Waals surface area contributed by atoms with Gasteiger partial charge in [-0.05, 0) is 32.1 Å². The van der Waals surface area contributed by atoms with Crippen molar-refractivity contribution in [3.05, 3.63) is 18.2 Å². The average Bonchev–Trinajstić information content (AvgIpc) is 3.11. The molecule has 0 aromatic carbocycles. The lowest BCUT2D eigenvalue weighted by Gasteiger charge is -2.06. The normalized spacial score (nSPS) is 11.4. The van der Waals surface area contributed by atoms with Crippen molar-refractivity contribution in [3.8, 4) is 0 Å². The molecule has 0 saturated heterocycles. The molecule has 0 fully saturated rings. The van der Waals surface area contributed by atoms with Gasteiger partial charge in [0.1, 0.15) is 12.4 Å². The molecule has 0 bridgehead atoms. The van der Waals surface area contributed by atoms with E-state index in [1.807, 2.05) is 0 Å². The van der Waals surface area contributed by atoms with Crippen molar-refractivity contribution in [1.29, 1.82) is 0 Å². The fourth-order valence-electron chi connectivity index (χ4n) is 4.38. The van der Waals surface area contributed by atoms with Crippen LogP contribution < -0.4 is 4.57 Å². The molecule has 0 spiro atoms. The molecule has 2 nitrogen and oxygen atoms in total. The summed E-state index contributed by atoms with van der Waals surface area (Å²) >= 11 is 0. The van der Waals surface area contributed by atoms with Crippen LogP contribution in [0.25, 0.3) is 0 Å². The quantitative estimate of drug-likeness (QED) is 0.143. The summed E-state index contributed by atoms with van der Waals surface area (Å²) in [5.41, 5.74) is 0. The molecule has 0 aliphatic carbocycles. The average molecular weight is 406 g/mol. The van der Waals surface area contributed by atoms with Crippen molar-refractivity contribution in [3.63, 3.8) is 0 Å². The fourth-order valence-corrected chi connectivity index (χ4v) is 4.38. The molecule has 0 aliphatic heterocycles. The van der Waals surface area contributed by atoms with E-state index in [4.69, 9.17) is 0 Å². The zero-order valence-corrected chi connectivity index (χ0v) is 20.4. The second-order valence-corrected chi connectivity index (χ2v) is 9.15. The van der Waals surface area contributed by atoms with Gasteiger partial charge in [0, 0.05) is 6.42 Å². The van der Waals surface area contributed by atoms with Gasteiger partial charge in [-0.2, -0.15) is 0 Å². The Morgan fingerprint density at radius 1 is 0.586 bits per heavy atom. The van der Waals surface area contributed by atoms with Crippen molar-refractivity contribution in [2.75, 3.05) is 0 Å². The minimum absolute atomic E-state index is 1.22. The SMILES string of the molecule is CCCCCCCCCn1cc[n+](CCCCCCCCC)c1CCCCCC. The molecule has 170 valence electrons. The molecule has 1 rings (SSSR count). The van der Waals surface area contributed by atoms with E-state index in [0.29, 0.717) is 0 Å². The maximum absolute atomic E-state index is 2.58. The van der Waals surface area contributed by atoms with Crippen LogP contribution >= 0.6 is 0 Å². The Bertz CT molecular complexity index is 428. The molecule has 0 atom stereocenters. The minimum Gasteiger partial charge on any atom is -0.234 e. The number of unbranched alkanes of at least 4 members (excludes halogenated alkanes) is 15. The lowest BCUT2D eigenvalue weighted by Crippen LogP contribution is -2.37. The molecule has 1 aromatic rings. The van der Waals surface area contributed by atoms with E-state index in [1.54, 1.807) is 5.82 Å². The lowest BCUT2D eigenvalue weighted by atomic mass is 10.1. The standard InChI is InChI=1S/C27H53N2/c1-4-7-10-13-15-17-20-23-28-25-26-29(27(28)22-19-12-9-6-3)24-21-18-16-14-11-8-5-2/h25-26H,4-24H2,1-3H3/q+1. The van der Waals surface area contributed by atoms with Gasteiger partial charge in [0.25, 0.3) is 5.82 Å². The van der Waals surface area contributed by atoms with Gasteiger partial charge in [-0.3, -0.25) is 0 Å². The Balaban J connectivity index is 2.39. The van der Waals surface area contributed by atoms with E-state index in [1.165, 1.54) is 135 Å². The second kappa shape index (κ2) is 19.2. The Morgan fingerprint density at radius 2 is 1.07 bits per heavy atom. The lowest BCUT2D eigenvalue weighted by molar-refractivity contribution is -0.704. The predicted octanol–water partition coefficient (Wildman–Crippen LogP) is 8.40. The Labute approximate surface area is 183 Å². The molecule has 29 heavy (non-hydrogen) atoms. The van der Waals surface area contributed by atoms with Crippen LogP contribution in [0.15, 0.2) is 12.4 Å². The highest BCUT2D eigenvalue weighted by molar-refractivity contribution is 4.84. The van der Waals surface area contributed by atoms with Crippen molar-refractivity contribution in [2.24, 2.45) is 0 Å². The molecule has 0 radical (unpaired) electrons. The number of hydrogen-bond donors (Lipinski definition) is 0. The Morgan fingerprint density at radius 3 is 1.66 bits per heavy atom. The van der Waals surface area contributed by atoms with Crippen LogP contribution in [0.1, 0.15) is 142 Å². The largest absolute Gasteiger partial charge is 0.256 e. The number of hydrogen-bond acceptors (Lipinski definition) is 0. The van der Waals surface area contributed by atoms with E-state index in [9.17, 15) is 0 Å². The molecule has 1 aromatic heterocycles. The van der Waals surface area contributed by atoms with Crippen molar-refractivity contribution < 1.29 is 4.57 Å². The smallest absolute Gasteiger partial charge is 0.234 e. The first-order valence-electron chi connectivity index (χ1n) is 13.4. The monoisotopic (exact) mass is 405 g/mol. The third-order valence-electron chi connectivity index (χ3n) is 6.35. The molecular formula is C27H53N2+.